The van der Waals surface area contributed by atoms with Gasteiger partial charge >= 0.3 is 246 Å². The molecule has 0 nitrogen and oxygen atoms in total. The summed E-state index contributed by atoms with van der Waals surface area (Å²) in [5.74, 6) is 0. The van der Waals surface area contributed by atoms with Crippen LogP contribution in [0.1, 0.15) is 0 Å². The predicted octanol–water partition coefficient (Wildman–Crippen LogP) is 9.62. The van der Waals surface area contributed by atoms with E-state index in [2.05, 4.69) is 142 Å². The van der Waals surface area contributed by atoms with Crippen LogP contribution < -0.4 is 0 Å². The Morgan fingerprint density at radius 2 is 0.639 bits per heavy atom. The first-order chi connectivity index (χ1) is 15.6. The fraction of sp³-hybridized carbons (Fsp3) is 0.714. The van der Waals surface area contributed by atoms with E-state index in [1.165, 1.54) is 0 Å². The van der Waals surface area contributed by atoms with Crippen molar-refractivity contribution in [2.45, 2.75) is 127 Å². The minimum atomic E-state index is -1.43. The summed E-state index contributed by atoms with van der Waals surface area (Å²) >= 11 is 1.17. The Bertz CT molecular complexity index is 882. The van der Waals surface area contributed by atoms with Crippen LogP contribution in [0.3, 0.4) is 0 Å². The molecular weight excluding hydrogens is 663 g/mol. The normalized spacial score (nSPS) is 21.3. The SMILES string of the molecule is C[Si](C)(C)C1=CC([Se][Se]C2=CC([Si](C)(C)C)([Si](C)(C)C)C([Si](C)(C)C)=C2)=CC1([Si](C)(C)C)[Si](C)(C)C. The summed E-state index contributed by atoms with van der Waals surface area (Å²) in [5.41, 5.74) is 0. The molecule has 2 rings (SSSR count). The molecule has 2 aliphatic carbocycles. The van der Waals surface area contributed by atoms with Crippen LogP contribution in [-0.4, -0.2) is 74.7 Å². The van der Waals surface area contributed by atoms with E-state index >= 15 is 0 Å². The van der Waals surface area contributed by atoms with Crippen molar-refractivity contribution < 1.29 is 0 Å². The number of hydrogen-bond acceptors (Lipinski definition) is 0. The summed E-state index contributed by atoms with van der Waals surface area (Å²) in [6.07, 6.45) is 11.4. The second kappa shape index (κ2) is 9.99. The Hall–Kier alpha value is 1.30. The number of rotatable bonds is 9. The average molecular weight is 721 g/mol. The van der Waals surface area contributed by atoms with Gasteiger partial charge in [-0.1, -0.05) is 0 Å². The molecule has 0 bridgehead atoms. The molecule has 0 N–H and O–H groups in total. The van der Waals surface area contributed by atoms with Gasteiger partial charge in [0.1, 0.15) is 0 Å². The fourth-order valence-electron chi connectivity index (χ4n) is 7.72. The van der Waals surface area contributed by atoms with Gasteiger partial charge in [-0.25, -0.2) is 0 Å². The molecular formula is C28H58Se2Si6. The summed E-state index contributed by atoms with van der Waals surface area (Å²) in [7, 11) is -8.55. The summed E-state index contributed by atoms with van der Waals surface area (Å²) in [6.45, 7) is 47.6. The molecule has 0 amide bonds. The van der Waals surface area contributed by atoms with Crippen molar-refractivity contribution in [3.05, 3.63) is 43.6 Å². The first-order valence-corrected chi connectivity index (χ1v) is 40.9. The van der Waals surface area contributed by atoms with Crippen molar-refractivity contribution in [1.29, 1.82) is 0 Å². The molecule has 0 fully saturated rings. The van der Waals surface area contributed by atoms with E-state index in [0.717, 1.165) is 0 Å². The molecule has 0 unspecified atom stereocenters. The monoisotopic (exact) mass is 722 g/mol. The summed E-state index contributed by atoms with van der Waals surface area (Å²) < 4.78 is 4.38. The van der Waals surface area contributed by atoms with Crippen LogP contribution in [0, 0.1) is 0 Å². The van der Waals surface area contributed by atoms with Crippen molar-refractivity contribution in [1.82, 2.24) is 0 Å². The molecule has 0 aromatic heterocycles. The first-order valence-electron chi connectivity index (χ1n) is 13.9. The molecule has 0 saturated heterocycles. The standard InChI is InChI=1S/C28H58Se2Si6/c1-31(2,3)25-19-23(21-27(25,33(7,8)9)34(10,11)12)29-30-24-20-26(32(4,5)6)28(22-24,35(13,14)15)36(16,17)18/h19-22H,1-18H3. The molecule has 0 spiro atoms. The van der Waals surface area contributed by atoms with Gasteiger partial charge in [-0.3, -0.25) is 0 Å². The topological polar surface area (TPSA) is 0 Å². The molecule has 36 heavy (non-hydrogen) atoms. The Morgan fingerprint density at radius 3 is 0.778 bits per heavy atom. The third-order valence-corrected chi connectivity index (χ3v) is 41.2. The molecule has 206 valence electrons. The Labute approximate surface area is 243 Å². The Morgan fingerprint density at radius 1 is 0.417 bits per heavy atom. The average Bonchev–Trinajstić information content (AvgIpc) is 3.18. The predicted molar refractivity (Wildman–Crippen MR) is 189 cm³/mol. The van der Waals surface area contributed by atoms with Crippen molar-refractivity contribution in [2.24, 2.45) is 0 Å². The molecule has 0 heterocycles. The van der Waals surface area contributed by atoms with E-state index in [4.69, 9.17) is 0 Å². The van der Waals surface area contributed by atoms with Crippen LogP contribution in [0.5, 0.6) is 0 Å². The molecule has 0 aromatic carbocycles. The zero-order valence-corrected chi connectivity index (χ0v) is 36.6. The van der Waals surface area contributed by atoms with Crippen LogP contribution in [0.15, 0.2) is 43.6 Å². The molecule has 0 aromatic rings. The van der Waals surface area contributed by atoms with E-state index in [1.807, 2.05) is 10.4 Å². The van der Waals surface area contributed by atoms with Gasteiger partial charge in [-0.15, -0.1) is 0 Å². The van der Waals surface area contributed by atoms with E-state index in [9.17, 15) is 0 Å². The molecule has 0 saturated carbocycles. The van der Waals surface area contributed by atoms with Gasteiger partial charge in [-0.05, 0) is 0 Å². The van der Waals surface area contributed by atoms with Gasteiger partial charge < -0.3 is 0 Å². The zero-order chi connectivity index (χ0) is 28.6. The van der Waals surface area contributed by atoms with Gasteiger partial charge in [0.2, 0.25) is 0 Å². The molecule has 0 atom stereocenters. The van der Waals surface area contributed by atoms with Crippen LogP contribution in [-0.2, 0) is 0 Å². The Kier molecular flexibility index (Phi) is 9.30. The van der Waals surface area contributed by atoms with Crippen LogP contribution in [0.2, 0.25) is 127 Å². The van der Waals surface area contributed by atoms with E-state index < -0.39 is 48.4 Å². The van der Waals surface area contributed by atoms with Gasteiger partial charge in [0, 0.05) is 0 Å². The van der Waals surface area contributed by atoms with E-state index in [0.29, 0.717) is 35.6 Å². The zero-order valence-electron chi connectivity index (χ0n) is 27.1. The van der Waals surface area contributed by atoms with Crippen molar-refractivity contribution in [2.75, 3.05) is 0 Å². The summed E-state index contributed by atoms with van der Waals surface area (Å²) in [6, 6.07) is 0. The third kappa shape index (κ3) is 5.84. The maximum atomic E-state index is 2.91. The molecule has 8 heteroatoms. The summed E-state index contributed by atoms with van der Waals surface area (Å²) in [5, 5.41) is 3.83. The maximum absolute atomic E-state index is 2.91. The quantitative estimate of drug-likeness (QED) is 0.208. The van der Waals surface area contributed by atoms with Crippen molar-refractivity contribution in [3.8, 4) is 0 Å². The fourth-order valence-corrected chi connectivity index (χ4v) is 51.9. The Balaban J connectivity index is 2.61. The van der Waals surface area contributed by atoms with Gasteiger partial charge in [0.05, 0.1) is 0 Å². The van der Waals surface area contributed by atoms with Crippen molar-refractivity contribution in [3.63, 3.8) is 0 Å². The van der Waals surface area contributed by atoms with Crippen LogP contribution >= 0.6 is 0 Å². The molecule has 2 aliphatic rings. The van der Waals surface area contributed by atoms with Gasteiger partial charge in [-0.2, -0.15) is 0 Å². The minimum absolute atomic E-state index is 0.432. The second-order valence-corrected chi connectivity index (χ2v) is 56.0. The molecule has 0 aliphatic heterocycles. The first kappa shape index (κ1) is 33.5. The van der Waals surface area contributed by atoms with Crippen LogP contribution in [0.25, 0.3) is 0 Å². The molecule has 0 radical (unpaired) electrons. The summed E-state index contributed by atoms with van der Waals surface area (Å²) in [4.78, 5) is 0. The van der Waals surface area contributed by atoms with Crippen molar-refractivity contribution >= 4 is 74.7 Å². The van der Waals surface area contributed by atoms with E-state index in [1.54, 1.807) is 8.94 Å². The van der Waals surface area contributed by atoms with Gasteiger partial charge in [0.15, 0.2) is 0 Å². The third-order valence-electron chi connectivity index (χ3n) is 8.72. The number of allylic oxidation sites excluding steroid dienone is 8. The number of hydrogen-bond donors (Lipinski definition) is 0. The van der Waals surface area contributed by atoms with Crippen LogP contribution in [0.4, 0.5) is 0 Å². The van der Waals surface area contributed by atoms with E-state index in [-0.39, 0.29) is 0 Å². The van der Waals surface area contributed by atoms with Gasteiger partial charge in [0.25, 0.3) is 0 Å². The second-order valence-electron chi connectivity index (χ2n) is 17.5.